The van der Waals surface area contributed by atoms with Crippen LogP contribution in [-0.2, 0) is 13.1 Å². The normalized spacial score (nSPS) is 18.8. The SMILES string of the molecule is OC1CCN(Cc2cn(Cc3cc4c(cc3Cl)OCO4)c3ccc(OCC4CC4)cc23)CC1. The highest BCUT2D eigenvalue weighted by Crippen LogP contribution is 2.38. The summed E-state index contributed by atoms with van der Waals surface area (Å²) < 4.78 is 19.4. The molecule has 1 saturated carbocycles. The lowest BCUT2D eigenvalue weighted by molar-refractivity contribution is 0.0794. The third kappa shape index (κ3) is 4.52. The Balaban J connectivity index is 1.32. The zero-order chi connectivity index (χ0) is 22.4. The summed E-state index contributed by atoms with van der Waals surface area (Å²) in [5.74, 6) is 3.10. The summed E-state index contributed by atoms with van der Waals surface area (Å²) in [6, 6.07) is 10.2. The number of likely N-dealkylation sites (tertiary alicyclic amines) is 1. The lowest BCUT2D eigenvalue weighted by Gasteiger charge is -2.29. The molecule has 0 spiro atoms. The summed E-state index contributed by atoms with van der Waals surface area (Å²) in [4.78, 5) is 2.43. The van der Waals surface area contributed by atoms with Gasteiger partial charge in [0.1, 0.15) is 5.75 Å². The number of hydrogen-bond acceptors (Lipinski definition) is 5. The minimum absolute atomic E-state index is 0.168. The van der Waals surface area contributed by atoms with Crippen molar-refractivity contribution >= 4 is 22.5 Å². The van der Waals surface area contributed by atoms with Crippen LogP contribution in [0.5, 0.6) is 17.2 Å². The maximum Gasteiger partial charge on any atom is 0.231 e. The van der Waals surface area contributed by atoms with Gasteiger partial charge in [0.15, 0.2) is 11.5 Å². The Kier molecular flexibility index (Phi) is 5.60. The molecule has 6 rings (SSSR count). The first kappa shape index (κ1) is 21.1. The highest BCUT2D eigenvalue weighted by Gasteiger charge is 2.23. The number of benzene rings is 2. The zero-order valence-electron chi connectivity index (χ0n) is 18.6. The summed E-state index contributed by atoms with van der Waals surface area (Å²) in [7, 11) is 0. The molecule has 2 aliphatic heterocycles. The minimum atomic E-state index is -0.168. The second kappa shape index (κ2) is 8.75. The molecule has 0 radical (unpaired) electrons. The number of fused-ring (bicyclic) bond motifs is 2. The fraction of sp³-hybridized carbons (Fsp3) is 0.462. The lowest BCUT2D eigenvalue weighted by atomic mass is 10.1. The van der Waals surface area contributed by atoms with Gasteiger partial charge in [-0.1, -0.05) is 11.6 Å². The molecule has 6 nitrogen and oxygen atoms in total. The molecule has 2 fully saturated rings. The molecule has 33 heavy (non-hydrogen) atoms. The molecule has 0 atom stereocenters. The first-order chi connectivity index (χ1) is 16.1. The van der Waals surface area contributed by atoms with Gasteiger partial charge in [-0.25, -0.2) is 0 Å². The third-order valence-electron chi connectivity index (χ3n) is 6.95. The summed E-state index contributed by atoms with van der Waals surface area (Å²) in [6.45, 7) is 4.38. The quantitative estimate of drug-likeness (QED) is 0.539. The van der Waals surface area contributed by atoms with Crippen LogP contribution in [-0.4, -0.2) is 47.2 Å². The number of ether oxygens (including phenoxy) is 3. The van der Waals surface area contributed by atoms with Gasteiger partial charge in [0.25, 0.3) is 0 Å². The molecule has 3 aliphatic rings. The van der Waals surface area contributed by atoms with E-state index in [2.05, 4.69) is 33.9 Å². The van der Waals surface area contributed by atoms with Gasteiger partial charge >= 0.3 is 0 Å². The smallest absolute Gasteiger partial charge is 0.231 e. The van der Waals surface area contributed by atoms with Gasteiger partial charge in [-0.2, -0.15) is 0 Å². The molecule has 0 bridgehead atoms. The first-order valence-corrected chi connectivity index (χ1v) is 12.2. The predicted molar refractivity (Wildman–Crippen MR) is 127 cm³/mol. The van der Waals surface area contributed by atoms with Gasteiger partial charge in [-0.05, 0) is 67.0 Å². The van der Waals surface area contributed by atoms with Crippen molar-refractivity contribution in [3.63, 3.8) is 0 Å². The molecule has 2 aromatic carbocycles. The molecule has 0 amide bonds. The Morgan fingerprint density at radius 1 is 0.970 bits per heavy atom. The van der Waals surface area contributed by atoms with Crippen molar-refractivity contribution in [2.24, 2.45) is 5.92 Å². The van der Waals surface area contributed by atoms with Crippen LogP contribution in [0.3, 0.4) is 0 Å². The molecule has 1 aromatic heterocycles. The average Bonchev–Trinajstić information content (AvgIpc) is 3.45. The predicted octanol–water partition coefficient (Wildman–Crippen LogP) is 4.82. The van der Waals surface area contributed by atoms with Gasteiger partial charge < -0.3 is 23.9 Å². The fourth-order valence-electron chi connectivity index (χ4n) is 4.78. The molecule has 1 N–H and O–H groups in total. The number of aliphatic hydroxyl groups excluding tert-OH is 1. The van der Waals surface area contributed by atoms with E-state index in [0.717, 1.165) is 67.6 Å². The van der Waals surface area contributed by atoms with E-state index in [1.54, 1.807) is 0 Å². The summed E-state index contributed by atoms with van der Waals surface area (Å²) in [5.41, 5.74) is 3.43. The van der Waals surface area contributed by atoms with E-state index in [1.165, 1.54) is 23.8 Å². The van der Waals surface area contributed by atoms with Crippen molar-refractivity contribution in [2.45, 2.75) is 44.9 Å². The maximum atomic E-state index is 9.89. The van der Waals surface area contributed by atoms with Crippen molar-refractivity contribution in [3.05, 3.63) is 52.7 Å². The van der Waals surface area contributed by atoms with Crippen LogP contribution >= 0.6 is 11.6 Å². The standard InChI is InChI=1S/C26H29ClN2O4/c27-23-11-26-25(32-16-33-26)9-18(23)13-29-14-19(12-28-7-5-20(30)6-8-28)22-10-21(3-4-24(22)29)31-15-17-1-2-17/h3-4,9-11,14,17,20,30H,1-2,5-8,12-13,15-16H2. The van der Waals surface area contributed by atoms with E-state index in [9.17, 15) is 5.11 Å². The highest BCUT2D eigenvalue weighted by atomic mass is 35.5. The van der Waals surface area contributed by atoms with Gasteiger partial charge in [0.2, 0.25) is 6.79 Å². The molecule has 174 valence electrons. The van der Waals surface area contributed by atoms with Crippen LogP contribution in [0, 0.1) is 5.92 Å². The van der Waals surface area contributed by atoms with Crippen molar-refractivity contribution < 1.29 is 19.3 Å². The lowest BCUT2D eigenvalue weighted by Crippen LogP contribution is -2.35. The molecule has 1 aliphatic carbocycles. The van der Waals surface area contributed by atoms with Crippen molar-refractivity contribution in [1.29, 1.82) is 0 Å². The van der Waals surface area contributed by atoms with Crippen LogP contribution in [0.2, 0.25) is 5.02 Å². The van der Waals surface area contributed by atoms with E-state index in [1.807, 2.05) is 12.1 Å². The van der Waals surface area contributed by atoms with E-state index in [-0.39, 0.29) is 12.9 Å². The second-order valence-corrected chi connectivity index (χ2v) is 9.93. The van der Waals surface area contributed by atoms with Gasteiger partial charge in [0.05, 0.1) is 12.7 Å². The number of hydrogen-bond donors (Lipinski definition) is 1. The van der Waals surface area contributed by atoms with Gasteiger partial charge in [-0.15, -0.1) is 0 Å². The second-order valence-electron chi connectivity index (χ2n) is 9.52. The van der Waals surface area contributed by atoms with Gasteiger partial charge in [0, 0.05) is 54.4 Å². The van der Waals surface area contributed by atoms with E-state index in [4.69, 9.17) is 25.8 Å². The van der Waals surface area contributed by atoms with Crippen molar-refractivity contribution in [2.75, 3.05) is 26.5 Å². The van der Waals surface area contributed by atoms with Crippen molar-refractivity contribution in [3.8, 4) is 17.2 Å². The Morgan fingerprint density at radius 3 is 2.55 bits per heavy atom. The fourth-order valence-corrected chi connectivity index (χ4v) is 4.99. The van der Waals surface area contributed by atoms with Crippen LogP contribution < -0.4 is 14.2 Å². The van der Waals surface area contributed by atoms with Crippen molar-refractivity contribution in [1.82, 2.24) is 9.47 Å². The van der Waals surface area contributed by atoms with Crippen LogP contribution in [0.4, 0.5) is 0 Å². The molecule has 1 saturated heterocycles. The minimum Gasteiger partial charge on any atom is -0.493 e. The summed E-state index contributed by atoms with van der Waals surface area (Å²) in [6.07, 6.45) is 6.30. The largest absolute Gasteiger partial charge is 0.493 e. The van der Waals surface area contributed by atoms with Crippen LogP contribution in [0.1, 0.15) is 36.8 Å². The zero-order valence-corrected chi connectivity index (χ0v) is 19.4. The van der Waals surface area contributed by atoms with Gasteiger partial charge in [-0.3, -0.25) is 4.90 Å². The van der Waals surface area contributed by atoms with E-state index in [0.29, 0.717) is 17.3 Å². The molecule has 3 heterocycles. The molecule has 7 heteroatoms. The van der Waals surface area contributed by atoms with E-state index >= 15 is 0 Å². The monoisotopic (exact) mass is 468 g/mol. The first-order valence-electron chi connectivity index (χ1n) is 11.9. The summed E-state index contributed by atoms with van der Waals surface area (Å²) >= 11 is 6.59. The summed E-state index contributed by atoms with van der Waals surface area (Å²) in [5, 5.41) is 11.8. The topological polar surface area (TPSA) is 56.1 Å². The van der Waals surface area contributed by atoms with E-state index < -0.39 is 0 Å². The molecular formula is C26H29ClN2O4. The average molecular weight is 469 g/mol. The highest BCUT2D eigenvalue weighted by molar-refractivity contribution is 6.31. The molecule has 3 aromatic rings. The number of halogens is 1. The third-order valence-corrected chi connectivity index (χ3v) is 7.30. The number of aliphatic hydroxyl groups is 1. The van der Waals surface area contributed by atoms with Crippen LogP contribution in [0.15, 0.2) is 36.5 Å². The number of aromatic nitrogens is 1. The number of piperidine rings is 1. The molecule has 0 unspecified atom stereocenters. The molecular weight excluding hydrogens is 440 g/mol. The maximum absolute atomic E-state index is 9.89. The Hall–Kier alpha value is -2.41. The Morgan fingerprint density at radius 2 is 1.76 bits per heavy atom. The Bertz CT molecular complexity index is 1160. The number of nitrogens with zero attached hydrogens (tertiary/aromatic N) is 2. The Labute approximate surface area is 198 Å². The van der Waals surface area contributed by atoms with Crippen LogP contribution in [0.25, 0.3) is 10.9 Å². The number of rotatable bonds is 7.